The zero-order valence-electron chi connectivity index (χ0n) is 12.7. The molecule has 0 bridgehead atoms. The van der Waals surface area contributed by atoms with Crippen molar-refractivity contribution < 1.29 is 0 Å². The molecule has 0 atom stereocenters. The standard InChI is InChI=1S/C19H13IN4/c20-15-6-8-16(9-7-15)24-19(14-4-3-10-21-13-14)12-18(23-24)17-5-1-2-11-22-17/h1-13H. The third-order valence-electron chi connectivity index (χ3n) is 3.67. The minimum absolute atomic E-state index is 0.841. The Balaban J connectivity index is 1.90. The fraction of sp³-hybridized carbons (Fsp3) is 0. The summed E-state index contributed by atoms with van der Waals surface area (Å²) in [5.74, 6) is 0. The summed E-state index contributed by atoms with van der Waals surface area (Å²) in [6, 6.07) is 20.1. The molecular weight excluding hydrogens is 411 g/mol. The van der Waals surface area contributed by atoms with Crippen molar-refractivity contribution in [3.8, 4) is 28.3 Å². The molecule has 0 aliphatic carbocycles. The molecule has 0 radical (unpaired) electrons. The van der Waals surface area contributed by atoms with E-state index in [1.807, 2.05) is 41.2 Å². The number of hydrogen-bond donors (Lipinski definition) is 0. The molecule has 24 heavy (non-hydrogen) atoms. The maximum atomic E-state index is 4.78. The van der Waals surface area contributed by atoms with E-state index in [1.165, 1.54) is 3.57 Å². The van der Waals surface area contributed by atoms with Crippen LogP contribution in [0.15, 0.2) is 79.3 Å². The first kappa shape index (κ1) is 15.0. The second-order valence-corrected chi connectivity index (χ2v) is 6.51. The van der Waals surface area contributed by atoms with Crippen LogP contribution in [0.4, 0.5) is 0 Å². The molecule has 116 valence electrons. The van der Waals surface area contributed by atoms with Gasteiger partial charge in [-0.1, -0.05) is 6.07 Å². The van der Waals surface area contributed by atoms with Crippen LogP contribution in [0, 0.1) is 3.57 Å². The van der Waals surface area contributed by atoms with Gasteiger partial charge in [-0.25, -0.2) is 4.68 Å². The van der Waals surface area contributed by atoms with Gasteiger partial charge in [-0.2, -0.15) is 5.10 Å². The van der Waals surface area contributed by atoms with Crippen LogP contribution in [0.25, 0.3) is 28.3 Å². The Morgan fingerprint density at radius 2 is 1.71 bits per heavy atom. The van der Waals surface area contributed by atoms with Gasteiger partial charge in [0, 0.05) is 27.7 Å². The van der Waals surface area contributed by atoms with Crippen LogP contribution < -0.4 is 0 Å². The second kappa shape index (κ2) is 6.52. The molecule has 1 aromatic carbocycles. The van der Waals surface area contributed by atoms with E-state index in [1.54, 1.807) is 12.4 Å². The number of aromatic nitrogens is 4. The van der Waals surface area contributed by atoms with Crippen molar-refractivity contribution in [1.29, 1.82) is 0 Å². The van der Waals surface area contributed by atoms with Crippen molar-refractivity contribution >= 4 is 22.6 Å². The highest BCUT2D eigenvalue weighted by molar-refractivity contribution is 14.1. The predicted octanol–water partition coefficient (Wildman–Crippen LogP) is 4.60. The maximum absolute atomic E-state index is 4.78. The molecule has 4 rings (SSSR count). The fourth-order valence-electron chi connectivity index (χ4n) is 2.52. The molecule has 5 heteroatoms. The molecule has 0 aliphatic heterocycles. The van der Waals surface area contributed by atoms with Gasteiger partial charge in [0.1, 0.15) is 5.69 Å². The van der Waals surface area contributed by atoms with Crippen molar-refractivity contribution in [3.63, 3.8) is 0 Å². The second-order valence-electron chi connectivity index (χ2n) is 5.26. The Labute approximate surface area is 153 Å². The molecule has 0 fully saturated rings. The van der Waals surface area contributed by atoms with E-state index >= 15 is 0 Å². The summed E-state index contributed by atoms with van der Waals surface area (Å²) in [5.41, 5.74) is 4.71. The van der Waals surface area contributed by atoms with E-state index in [2.05, 4.69) is 62.9 Å². The fourth-order valence-corrected chi connectivity index (χ4v) is 2.88. The Kier molecular flexibility index (Phi) is 4.08. The molecule has 0 spiro atoms. The van der Waals surface area contributed by atoms with E-state index in [0.717, 1.165) is 28.3 Å². The van der Waals surface area contributed by atoms with E-state index in [-0.39, 0.29) is 0 Å². The molecular formula is C19H13IN4. The van der Waals surface area contributed by atoms with E-state index in [0.29, 0.717) is 0 Å². The molecule has 0 aliphatic rings. The number of benzene rings is 1. The van der Waals surface area contributed by atoms with Gasteiger partial charge < -0.3 is 0 Å². The van der Waals surface area contributed by atoms with E-state index in [4.69, 9.17) is 5.10 Å². The molecule has 0 saturated carbocycles. The Hall–Kier alpha value is -2.54. The van der Waals surface area contributed by atoms with Gasteiger partial charge in [0.25, 0.3) is 0 Å². The topological polar surface area (TPSA) is 43.6 Å². The molecule has 0 unspecified atom stereocenters. The van der Waals surface area contributed by atoms with Crippen molar-refractivity contribution in [2.24, 2.45) is 0 Å². The number of hydrogen-bond acceptors (Lipinski definition) is 3. The monoisotopic (exact) mass is 424 g/mol. The van der Waals surface area contributed by atoms with Crippen molar-refractivity contribution in [1.82, 2.24) is 19.7 Å². The number of nitrogens with zero attached hydrogens (tertiary/aromatic N) is 4. The zero-order chi connectivity index (χ0) is 16.4. The summed E-state index contributed by atoms with van der Waals surface area (Å²) >= 11 is 2.30. The molecule has 0 N–H and O–H groups in total. The van der Waals surface area contributed by atoms with Gasteiger partial charge in [0.15, 0.2) is 0 Å². The van der Waals surface area contributed by atoms with Gasteiger partial charge in [-0.05, 0) is 77.2 Å². The van der Waals surface area contributed by atoms with Crippen LogP contribution in [0.2, 0.25) is 0 Å². The van der Waals surface area contributed by atoms with Crippen molar-refractivity contribution in [2.45, 2.75) is 0 Å². The molecule has 0 saturated heterocycles. The summed E-state index contributed by atoms with van der Waals surface area (Å²) in [6.07, 6.45) is 5.40. The largest absolute Gasteiger partial charge is 0.264 e. The number of rotatable bonds is 3. The van der Waals surface area contributed by atoms with Crippen LogP contribution in [0.5, 0.6) is 0 Å². The third kappa shape index (κ3) is 2.94. The molecule has 4 nitrogen and oxygen atoms in total. The van der Waals surface area contributed by atoms with Gasteiger partial charge in [0.05, 0.1) is 17.1 Å². The lowest BCUT2D eigenvalue weighted by atomic mass is 10.1. The lowest BCUT2D eigenvalue weighted by molar-refractivity contribution is 0.889. The van der Waals surface area contributed by atoms with Crippen molar-refractivity contribution in [2.75, 3.05) is 0 Å². The van der Waals surface area contributed by atoms with Crippen LogP contribution in [-0.4, -0.2) is 19.7 Å². The van der Waals surface area contributed by atoms with Crippen molar-refractivity contribution in [3.05, 3.63) is 82.8 Å². The lowest BCUT2D eigenvalue weighted by Gasteiger charge is -2.07. The Morgan fingerprint density at radius 3 is 2.42 bits per heavy atom. The van der Waals surface area contributed by atoms with Crippen LogP contribution in [0.3, 0.4) is 0 Å². The number of pyridine rings is 2. The molecule has 3 aromatic heterocycles. The average molecular weight is 424 g/mol. The maximum Gasteiger partial charge on any atom is 0.112 e. The highest BCUT2D eigenvalue weighted by atomic mass is 127. The normalized spacial score (nSPS) is 10.7. The lowest BCUT2D eigenvalue weighted by Crippen LogP contribution is -1.99. The Bertz CT molecular complexity index is 948. The van der Waals surface area contributed by atoms with Gasteiger partial charge >= 0.3 is 0 Å². The third-order valence-corrected chi connectivity index (χ3v) is 4.38. The number of halogens is 1. The average Bonchev–Trinajstić information content (AvgIpc) is 3.09. The molecule has 4 aromatic rings. The van der Waals surface area contributed by atoms with Crippen LogP contribution in [0.1, 0.15) is 0 Å². The summed E-state index contributed by atoms with van der Waals surface area (Å²) in [5, 5.41) is 4.78. The summed E-state index contributed by atoms with van der Waals surface area (Å²) in [7, 11) is 0. The summed E-state index contributed by atoms with van der Waals surface area (Å²) in [4.78, 5) is 8.65. The molecule has 3 heterocycles. The highest BCUT2D eigenvalue weighted by Gasteiger charge is 2.13. The SMILES string of the molecule is Ic1ccc(-n2nc(-c3ccccn3)cc2-c2cccnc2)cc1. The van der Waals surface area contributed by atoms with Gasteiger partial charge in [0.2, 0.25) is 0 Å². The first-order chi connectivity index (χ1) is 11.8. The quantitative estimate of drug-likeness (QED) is 0.452. The first-order valence-corrected chi connectivity index (χ1v) is 8.57. The first-order valence-electron chi connectivity index (χ1n) is 7.49. The minimum Gasteiger partial charge on any atom is -0.264 e. The van der Waals surface area contributed by atoms with Gasteiger partial charge in [-0.15, -0.1) is 0 Å². The smallest absolute Gasteiger partial charge is 0.112 e. The summed E-state index contributed by atoms with van der Waals surface area (Å²) in [6.45, 7) is 0. The van der Waals surface area contributed by atoms with E-state index in [9.17, 15) is 0 Å². The zero-order valence-corrected chi connectivity index (χ0v) is 14.8. The van der Waals surface area contributed by atoms with E-state index < -0.39 is 0 Å². The summed E-state index contributed by atoms with van der Waals surface area (Å²) < 4.78 is 3.13. The highest BCUT2D eigenvalue weighted by Crippen LogP contribution is 2.27. The van der Waals surface area contributed by atoms with Gasteiger partial charge in [-0.3, -0.25) is 9.97 Å². The minimum atomic E-state index is 0.841. The van der Waals surface area contributed by atoms with Crippen LogP contribution >= 0.6 is 22.6 Å². The van der Waals surface area contributed by atoms with Crippen LogP contribution in [-0.2, 0) is 0 Å². The predicted molar refractivity (Wildman–Crippen MR) is 103 cm³/mol. The Morgan fingerprint density at radius 1 is 0.833 bits per heavy atom. The molecule has 0 amide bonds.